The summed E-state index contributed by atoms with van der Waals surface area (Å²) in [6.07, 6.45) is 1.06. The standard InChI is InChI=1S/C13H18N2/c1-10(2)8-15-7-6-12-11(9-15)4-3-5-13(12)14/h3-5H,1,6-9,14H2,2H3. The fraction of sp³-hybridized carbons (Fsp3) is 0.385. The molecule has 2 nitrogen and oxygen atoms in total. The molecule has 1 aliphatic heterocycles. The molecule has 15 heavy (non-hydrogen) atoms. The van der Waals surface area contributed by atoms with Crippen molar-refractivity contribution < 1.29 is 0 Å². The average molecular weight is 202 g/mol. The van der Waals surface area contributed by atoms with Gasteiger partial charge in [-0.3, -0.25) is 4.90 Å². The third kappa shape index (κ3) is 2.21. The Labute approximate surface area is 91.4 Å². The van der Waals surface area contributed by atoms with Crippen LogP contribution < -0.4 is 5.73 Å². The lowest BCUT2D eigenvalue weighted by Gasteiger charge is -2.29. The van der Waals surface area contributed by atoms with E-state index in [0.717, 1.165) is 31.7 Å². The summed E-state index contributed by atoms with van der Waals surface area (Å²) in [5, 5.41) is 0. The van der Waals surface area contributed by atoms with Crippen molar-refractivity contribution >= 4 is 5.69 Å². The molecule has 0 fully saturated rings. The van der Waals surface area contributed by atoms with Crippen LogP contribution in [0.15, 0.2) is 30.4 Å². The zero-order valence-corrected chi connectivity index (χ0v) is 9.29. The molecule has 0 unspecified atom stereocenters. The number of fused-ring (bicyclic) bond motifs is 1. The van der Waals surface area contributed by atoms with E-state index in [1.807, 2.05) is 12.1 Å². The van der Waals surface area contributed by atoms with Gasteiger partial charge in [-0.2, -0.15) is 0 Å². The molecule has 2 N–H and O–H groups in total. The number of nitrogens with zero attached hydrogens (tertiary/aromatic N) is 1. The highest BCUT2D eigenvalue weighted by atomic mass is 15.1. The zero-order valence-electron chi connectivity index (χ0n) is 9.29. The molecular weight excluding hydrogens is 184 g/mol. The lowest BCUT2D eigenvalue weighted by Crippen LogP contribution is -2.32. The molecule has 1 aromatic carbocycles. The molecule has 1 heterocycles. The minimum Gasteiger partial charge on any atom is -0.398 e. The predicted molar refractivity (Wildman–Crippen MR) is 64.6 cm³/mol. The van der Waals surface area contributed by atoms with Gasteiger partial charge in [0, 0.05) is 25.3 Å². The molecular formula is C13H18N2. The van der Waals surface area contributed by atoms with Crippen molar-refractivity contribution in [2.75, 3.05) is 18.8 Å². The van der Waals surface area contributed by atoms with E-state index < -0.39 is 0 Å². The van der Waals surface area contributed by atoms with Crippen LogP contribution in [-0.2, 0) is 13.0 Å². The van der Waals surface area contributed by atoms with Crippen molar-refractivity contribution in [1.29, 1.82) is 0 Å². The Bertz CT molecular complexity index is 382. The zero-order chi connectivity index (χ0) is 10.8. The van der Waals surface area contributed by atoms with Crippen LogP contribution in [-0.4, -0.2) is 18.0 Å². The van der Waals surface area contributed by atoms with Crippen molar-refractivity contribution in [2.24, 2.45) is 0 Å². The van der Waals surface area contributed by atoms with Gasteiger partial charge in [0.25, 0.3) is 0 Å². The third-order valence-corrected chi connectivity index (χ3v) is 2.87. The summed E-state index contributed by atoms with van der Waals surface area (Å²) in [5.41, 5.74) is 10.8. The monoisotopic (exact) mass is 202 g/mol. The largest absolute Gasteiger partial charge is 0.398 e. The van der Waals surface area contributed by atoms with Crippen molar-refractivity contribution in [1.82, 2.24) is 4.90 Å². The summed E-state index contributed by atoms with van der Waals surface area (Å²) in [6, 6.07) is 6.21. The Morgan fingerprint density at radius 3 is 3.07 bits per heavy atom. The van der Waals surface area contributed by atoms with Gasteiger partial charge in [-0.1, -0.05) is 24.3 Å². The van der Waals surface area contributed by atoms with E-state index in [1.54, 1.807) is 0 Å². The van der Waals surface area contributed by atoms with E-state index in [-0.39, 0.29) is 0 Å². The molecule has 0 saturated heterocycles. The number of nitrogen functional groups attached to an aromatic ring is 1. The lowest BCUT2D eigenvalue weighted by atomic mass is 9.98. The van der Waals surface area contributed by atoms with Crippen LogP contribution in [0.25, 0.3) is 0 Å². The maximum absolute atomic E-state index is 5.95. The number of benzene rings is 1. The lowest BCUT2D eigenvalue weighted by molar-refractivity contribution is 0.276. The maximum Gasteiger partial charge on any atom is 0.0350 e. The van der Waals surface area contributed by atoms with Crippen LogP contribution in [0.5, 0.6) is 0 Å². The maximum atomic E-state index is 5.95. The van der Waals surface area contributed by atoms with Crippen molar-refractivity contribution in [2.45, 2.75) is 19.9 Å². The topological polar surface area (TPSA) is 29.3 Å². The smallest absolute Gasteiger partial charge is 0.0350 e. The van der Waals surface area contributed by atoms with E-state index >= 15 is 0 Å². The molecule has 0 aliphatic carbocycles. The van der Waals surface area contributed by atoms with Gasteiger partial charge < -0.3 is 5.73 Å². The second-order valence-corrected chi connectivity index (χ2v) is 4.40. The van der Waals surface area contributed by atoms with Crippen molar-refractivity contribution in [3.05, 3.63) is 41.5 Å². The quantitative estimate of drug-likeness (QED) is 0.588. The van der Waals surface area contributed by atoms with Crippen LogP contribution in [0.4, 0.5) is 5.69 Å². The summed E-state index contributed by atoms with van der Waals surface area (Å²) in [4.78, 5) is 2.42. The fourth-order valence-corrected chi connectivity index (χ4v) is 2.21. The first-order valence-electron chi connectivity index (χ1n) is 5.40. The van der Waals surface area contributed by atoms with Crippen LogP contribution in [0, 0.1) is 0 Å². The molecule has 0 saturated carbocycles. The highest BCUT2D eigenvalue weighted by molar-refractivity contribution is 5.51. The van der Waals surface area contributed by atoms with Gasteiger partial charge in [0.1, 0.15) is 0 Å². The molecule has 0 atom stereocenters. The van der Waals surface area contributed by atoms with Gasteiger partial charge >= 0.3 is 0 Å². The molecule has 80 valence electrons. The highest BCUT2D eigenvalue weighted by Gasteiger charge is 2.17. The fourth-order valence-electron chi connectivity index (χ4n) is 2.21. The Balaban J connectivity index is 2.17. The minimum absolute atomic E-state index is 0.947. The van der Waals surface area contributed by atoms with Gasteiger partial charge in [0.05, 0.1) is 0 Å². The number of hydrogen-bond acceptors (Lipinski definition) is 2. The normalized spacial score (nSPS) is 16.1. The summed E-state index contributed by atoms with van der Waals surface area (Å²) < 4.78 is 0. The summed E-state index contributed by atoms with van der Waals surface area (Å²) in [6.45, 7) is 9.13. The van der Waals surface area contributed by atoms with E-state index in [0.29, 0.717) is 0 Å². The van der Waals surface area contributed by atoms with Gasteiger partial charge in [-0.15, -0.1) is 0 Å². The number of anilines is 1. The van der Waals surface area contributed by atoms with Gasteiger partial charge in [0.15, 0.2) is 0 Å². The highest BCUT2D eigenvalue weighted by Crippen LogP contribution is 2.24. The molecule has 2 heteroatoms. The second-order valence-electron chi connectivity index (χ2n) is 4.40. The number of hydrogen-bond donors (Lipinski definition) is 1. The average Bonchev–Trinajstić information content (AvgIpc) is 2.17. The van der Waals surface area contributed by atoms with Gasteiger partial charge in [0.2, 0.25) is 0 Å². The van der Waals surface area contributed by atoms with E-state index in [2.05, 4.69) is 24.5 Å². The Hall–Kier alpha value is -1.28. The first kappa shape index (κ1) is 10.2. The third-order valence-electron chi connectivity index (χ3n) is 2.87. The Kier molecular flexibility index (Phi) is 2.78. The molecule has 1 aliphatic rings. The van der Waals surface area contributed by atoms with Crippen LogP contribution in [0.1, 0.15) is 18.1 Å². The summed E-state index contributed by atoms with van der Waals surface area (Å²) in [7, 11) is 0. The molecule has 0 aromatic heterocycles. The van der Waals surface area contributed by atoms with Gasteiger partial charge in [-0.25, -0.2) is 0 Å². The van der Waals surface area contributed by atoms with Crippen molar-refractivity contribution in [3.8, 4) is 0 Å². The molecule has 0 spiro atoms. The van der Waals surface area contributed by atoms with Crippen LogP contribution in [0.3, 0.4) is 0 Å². The predicted octanol–water partition coefficient (Wildman–Crippen LogP) is 2.20. The molecule has 0 bridgehead atoms. The SMILES string of the molecule is C=C(C)CN1CCc2c(N)cccc2C1. The number of nitrogens with two attached hydrogens (primary N) is 1. The molecule has 1 aromatic rings. The Morgan fingerprint density at radius 1 is 1.53 bits per heavy atom. The number of rotatable bonds is 2. The first-order valence-corrected chi connectivity index (χ1v) is 5.40. The van der Waals surface area contributed by atoms with Crippen LogP contribution >= 0.6 is 0 Å². The van der Waals surface area contributed by atoms with E-state index in [4.69, 9.17) is 5.73 Å². The van der Waals surface area contributed by atoms with Gasteiger partial charge in [-0.05, 0) is 30.5 Å². The van der Waals surface area contributed by atoms with E-state index in [1.165, 1.54) is 16.7 Å². The molecule has 0 radical (unpaired) electrons. The minimum atomic E-state index is 0.947. The molecule has 0 amide bonds. The first-order chi connectivity index (χ1) is 7.16. The summed E-state index contributed by atoms with van der Waals surface area (Å²) in [5.74, 6) is 0. The Morgan fingerprint density at radius 2 is 2.33 bits per heavy atom. The molecule has 2 rings (SSSR count). The van der Waals surface area contributed by atoms with Crippen molar-refractivity contribution in [3.63, 3.8) is 0 Å². The second kappa shape index (κ2) is 4.07. The van der Waals surface area contributed by atoms with E-state index in [9.17, 15) is 0 Å². The van der Waals surface area contributed by atoms with Crippen LogP contribution in [0.2, 0.25) is 0 Å². The summed E-state index contributed by atoms with van der Waals surface area (Å²) >= 11 is 0.